The van der Waals surface area contributed by atoms with Gasteiger partial charge in [-0.2, -0.15) is 0 Å². The lowest BCUT2D eigenvalue weighted by atomic mass is 9.98. The third kappa shape index (κ3) is 4.78. The van der Waals surface area contributed by atoms with Crippen molar-refractivity contribution in [3.63, 3.8) is 0 Å². The minimum Gasteiger partial charge on any atom is -0.486 e. The SMILES string of the molecule is CCCc1ccc(COc2ccc(-c3ccc(C)c(C(F)F)c3F)cc2F)cc1. The summed E-state index contributed by atoms with van der Waals surface area (Å²) in [5.41, 5.74) is 1.75. The van der Waals surface area contributed by atoms with Crippen LogP contribution in [-0.2, 0) is 13.0 Å². The number of ether oxygens (including phenoxy) is 1. The van der Waals surface area contributed by atoms with E-state index in [2.05, 4.69) is 6.92 Å². The zero-order chi connectivity index (χ0) is 21.0. The van der Waals surface area contributed by atoms with Crippen LogP contribution in [0.25, 0.3) is 11.1 Å². The minimum atomic E-state index is -2.94. The van der Waals surface area contributed by atoms with Crippen molar-refractivity contribution in [3.8, 4) is 16.9 Å². The smallest absolute Gasteiger partial charge is 0.266 e. The summed E-state index contributed by atoms with van der Waals surface area (Å²) in [5.74, 6) is -1.68. The molecule has 0 N–H and O–H groups in total. The van der Waals surface area contributed by atoms with Crippen molar-refractivity contribution in [1.82, 2.24) is 0 Å². The Kier molecular flexibility index (Phi) is 6.57. The Balaban J connectivity index is 1.78. The Morgan fingerprint density at radius 1 is 0.897 bits per heavy atom. The van der Waals surface area contributed by atoms with E-state index in [9.17, 15) is 17.6 Å². The first-order valence-electron chi connectivity index (χ1n) is 9.48. The van der Waals surface area contributed by atoms with Crippen LogP contribution >= 0.6 is 0 Å². The number of rotatable bonds is 7. The first kappa shape index (κ1) is 20.9. The minimum absolute atomic E-state index is 0.0213. The molecule has 1 nitrogen and oxygen atoms in total. The molecule has 0 atom stereocenters. The van der Waals surface area contributed by atoms with Crippen LogP contribution in [0.1, 0.15) is 42.0 Å². The van der Waals surface area contributed by atoms with Gasteiger partial charge in [-0.3, -0.25) is 0 Å². The standard InChI is InChI=1S/C24H22F4O/c1-3-4-16-6-8-17(9-7-16)14-29-21-12-10-18(13-20(21)25)19-11-5-15(2)22(23(19)26)24(27)28/h5-13,24H,3-4,14H2,1-2H3. The summed E-state index contributed by atoms with van der Waals surface area (Å²) in [5, 5.41) is 0. The fourth-order valence-corrected chi connectivity index (χ4v) is 3.22. The molecule has 29 heavy (non-hydrogen) atoms. The molecule has 0 unspecified atom stereocenters. The second kappa shape index (κ2) is 9.12. The fraction of sp³-hybridized carbons (Fsp3) is 0.250. The Morgan fingerprint density at radius 2 is 1.59 bits per heavy atom. The Labute approximate surface area is 168 Å². The van der Waals surface area contributed by atoms with Gasteiger partial charge >= 0.3 is 0 Å². The van der Waals surface area contributed by atoms with Crippen LogP contribution < -0.4 is 4.74 Å². The summed E-state index contributed by atoms with van der Waals surface area (Å²) in [7, 11) is 0. The van der Waals surface area contributed by atoms with Crippen molar-refractivity contribution >= 4 is 0 Å². The van der Waals surface area contributed by atoms with Gasteiger partial charge in [-0.25, -0.2) is 17.6 Å². The summed E-state index contributed by atoms with van der Waals surface area (Å²) < 4.78 is 60.8. The largest absolute Gasteiger partial charge is 0.486 e. The highest BCUT2D eigenvalue weighted by molar-refractivity contribution is 5.67. The van der Waals surface area contributed by atoms with E-state index in [1.165, 1.54) is 36.8 Å². The van der Waals surface area contributed by atoms with E-state index in [1.54, 1.807) is 0 Å². The van der Waals surface area contributed by atoms with E-state index in [4.69, 9.17) is 4.74 Å². The summed E-state index contributed by atoms with van der Waals surface area (Å²) in [6.45, 7) is 3.72. The number of hydrogen-bond donors (Lipinski definition) is 0. The van der Waals surface area contributed by atoms with Crippen LogP contribution in [0.2, 0.25) is 0 Å². The lowest BCUT2D eigenvalue weighted by Gasteiger charge is -2.13. The quantitative estimate of drug-likeness (QED) is 0.374. The Morgan fingerprint density at radius 3 is 2.21 bits per heavy atom. The topological polar surface area (TPSA) is 9.23 Å². The molecule has 0 saturated carbocycles. The van der Waals surface area contributed by atoms with Crippen molar-refractivity contribution in [2.45, 2.75) is 39.7 Å². The normalized spacial score (nSPS) is 11.1. The molecular formula is C24H22F4O. The summed E-state index contributed by atoms with van der Waals surface area (Å²) >= 11 is 0. The number of alkyl halides is 2. The number of hydrogen-bond acceptors (Lipinski definition) is 1. The van der Waals surface area contributed by atoms with Crippen molar-refractivity contribution in [2.24, 2.45) is 0 Å². The van der Waals surface area contributed by atoms with Crippen LogP contribution in [0, 0.1) is 18.6 Å². The number of aryl methyl sites for hydroxylation is 2. The molecule has 0 fully saturated rings. The third-order valence-corrected chi connectivity index (χ3v) is 4.81. The van der Waals surface area contributed by atoms with E-state index in [1.807, 2.05) is 24.3 Å². The first-order valence-corrected chi connectivity index (χ1v) is 9.48. The average Bonchev–Trinajstić information content (AvgIpc) is 2.68. The molecule has 0 amide bonds. The van der Waals surface area contributed by atoms with E-state index < -0.39 is 23.6 Å². The van der Waals surface area contributed by atoms with Crippen molar-refractivity contribution in [2.75, 3.05) is 0 Å². The summed E-state index contributed by atoms with van der Waals surface area (Å²) in [6, 6.07) is 14.6. The second-order valence-corrected chi connectivity index (χ2v) is 6.96. The lowest BCUT2D eigenvalue weighted by molar-refractivity contribution is 0.145. The zero-order valence-corrected chi connectivity index (χ0v) is 16.3. The summed E-state index contributed by atoms with van der Waals surface area (Å²) in [6.07, 6.45) is -0.875. The maximum Gasteiger partial charge on any atom is 0.266 e. The van der Waals surface area contributed by atoms with Gasteiger partial charge in [0.05, 0.1) is 5.56 Å². The predicted octanol–water partition coefficient (Wildman–Crippen LogP) is 7.41. The van der Waals surface area contributed by atoms with Crippen LogP contribution in [0.4, 0.5) is 17.6 Å². The monoisotopic (exact) mass is 402 g/mol. The zero-order valence-electron chi connectivity index (χ0n) is 16.3. The van der Waals surface area contributed by atoms with Gasteiger partial charge in [-0.1, -0.05) is 55.8 Å². The van der Waals surface area contributed by atoms with Gasteiger partial charge in [0.1, 0.15) is 12.4 Å². The van der Waals surface area contributed by atoms with E-state index in [0.717, 1.165) is 24.5 Å². The molecule has 0 radical (unpaired) electrons. The van der Waals surface area contributed by atoms with Gasteiger partial charge in [0, 0.05) is 5.56 Å². The lowest BCUT2D eigenvalue weighted by Crippen LogP contribution is -2.00. The molecule has 3 rings (SSSR count). The maximum absolute atomic E-state index is 14.5. The van der Waals surface area contributed by atoms with E-state index >= 15 is 0 Å². The molecule has 0 aliphatic rings. The molecule has 0 spiro atoms. The van der Waals surface area contributed by atoms with Gasteiger partial charge in [-0.05, 0) is 47.7 Å². The van der Waals surface area contributed by atoms with Crippen LogP contribution in [0.3, 0.4) is 0 Å². The van der Waals surface area contributed by atoms with Crippen molar-refractivity contribution in [3.05, 3.63) is 88.5 Å². The van der Waals surface area contributed by atoms with Gasteiger partial charge in [0.2, 0.25) is 0 Å². The number of halogens is 4. The predicted molar refractivity (Wildman–Crippen MR) is 106 cm³/mol. The fourth-order valence-electron chi connectivity index (χ4n) is 3.22. The van der Waals surface area contributed by atoms with Gasteiger partial charge in [0.15, 0.2) is 11.6 Å². The molecule has 0 aromatic heterocycles. The molecule has 0 aliphatic heterocycles. The average molecular weight is 402 g/mol. The maximum atomic E-state index is 14.5. The molecule has 152 valence electrons. The second-order valence-electron chi connectivity index (χ2n) is 6.96. The van der Waals surface area contributed by atoms with Gasteiger partial charge in [-0.15, -0.1) is 0 Å². The van der Waals surface area contributed by atoms with Crippen molar-refractivity contribution < 1.29 is 22.3 Å². The summed E-state index contributed by atoms with van der Waals surface area (Å²) in [4.78, 5) is 0. The molecule has 0 heterocycles. The molecule has 3 aromatic carbocycles. The van der Waals surface area contributed by atoms with E-state index in [0.29, 0.717) is 0 Å². The highest BCUT2D eigenvalue weighted by atomic mass is 19.3. The molecule has 0 aliphatic carbocycles. The van der Waals surface area contributed by atoms with Crippen LogP contribution in [-0.4, -0.2) is 0 Å². The Bertz CT molecular complexity index is 981. The van der Waals surface area contributed by atoms with E-state index in [-0.39, 0.29) is 29.0 Å². The molecule has 3 aromatic rings. The van der Waals surface area contributed by atoms with Crippen LogP contribution in [0.5, 0.6) is 5.75 Å². The third-order valence-electron chi connectivity index (χ3n) is 4.81. The van der Waals surface area contributed by atoms with Crippen LogP contribution in [0.15, 0.2) is 54.6 Å². The van der Waals surface area contributed by atoms with Crippen molar-refractivity contribution in [1.29, 1.82) is 0 Å². The Hall–Kier alpha value is -2.82. The molecule has 0 bridgehead atoms. The molecule has 0 saturated heterocycles. The van der Waals surface area contributed by atoms with Gasteiger partial charge in [0.25, 0.3) is 6.43 Å². The highest BCUT2D eigenvalue weighted by Crippen LogP contribution is 2.34. The molecular weight excluding hydrogens is 380 g/mol. The highest BCUT2D eigenvalue weighted by Gasteiger charge is 2.20. The molecule has 5 heteroatoms. The number of benzene rings is 3. The van der Waals surface area contributed by atoms with Gasteiger partial charge < -0.3 is 4.74 Å². The first-order chi connectivity index (χ1) is 13.9.